The van der Waals surface area contributed by atoms with Gasteiger partial charge in [-0.25, -0.2) is 9.78 Å². The van der Waals surface area contributed by atoms with Gasteiger partial charge in [-0.05, 0) is 19.1 Å². The standard InChI is InChI=1S/C12H13ClN2O3/c1-3-6-14-11(16)8(2)18-12(17)9-4-5-10(13)15-7-9/h3-5,7-8H,1,6H2,2H3,(H,14,16). The van der Waals surface area contributed by atoms with Crippen molar-refractivity contribution in [1.29, 1.82) is 0 Å². The number of rotatable bonds is 5. The lowest BCUT2D eigenvalue weighted by atomic mass is 10.3. The highest BCUT2D eigenvalue weighted by molar-refractivity contribution is 6.29. The van der Waals surface area contributed by atoms with Gasteiger partial charge in [0.2, 0.25) is 0 Å². The molecule has 1 heterocycles. The van der Waals surface area contributed by atoms with Gasteiger partial charge in [0, 0.05) is 12.7 Å². The van der Waals surface area contributed by atoms with Crippen LogP contribution in [-0.4, -0.2) is 29.5 Å². The minimum Gasteiger partial charge on any atom is -0.449 e. The zero-order chi connectivity index (χ0) is 13.5. The van der Waals surface area contributed by atoms with Crippen molar-refractivity contribution in [2.45, 2.75) is 13.0 Å². The summed E-state index contributed by atoms with van der Waals surface area (Å²) in [5.74, 6) is -1.01. The number of nitrogens with one attached hydrogen (secondary N) is 1. The Morgan fingerprint density at radius 1 is 1.61 bits per heavy atom. The number of nitrogens with zero attached hydrogens (tertiary/aromatic N) is 1. The zero-order valence-electron chi connectivity index (χ0n) is 9.85. The molecule has 5 nitrogen and oxygen atoms in total. The summed E-state index contributed by atoms with van der Waals surface area (Å²) in [6, 6.07) is 2.95. The van der Waals surface area contributed by atoms with Gasteiger partial charge in [0.1, 0.15) is 5.15 Å². The van der Waals surface area contributed by atoms with Crippen LogP contribution in [0.1, 0.15) is 17.3 Å². The normalized spacial score (nSPS) is 11.4. The van der Waals surface area contributed by atoms with Crippen molar-refractivity contribution >= 4 is 23.5 Å². The summed E-state index contributed by atoms with van der Waals surface area (Å²) in [7, 11) is 0. The van der Waals surface area contributed by atoms with Gasteiger partial charge in [0.05, 0.1) is 5.56 Å². The minimum absolute atomic E-state index is 0.239. The van der Waals surface area contributed by atoms with Crippen LogP contribution in [0.3, 0.4) is 0 Å². The lowest BCUT2D eigenvalue weighted by Crippen LogP contribution is -2.35. The molecule has 0 aromatic carbocycles. The Morgan fingerprint density at radius 2 is 2.33 bits per heavy atom. The molecule has 96 valence electrons. The molecule has 1 rings (SSSR count). The number of carbonyl (C=O) groups excluding carboxylic acids is 2. The molecule has 0 saturated heterocycles. The predicted molar refractivity (Wildman–Crippen MR) is 67.3 cm³/mol. The second kappa shape index (κ2) is 6.76. The molecule has 1 aromatic rings. The number of pyridine rings is 1. The molecule has 1 amide bonds. The quantitative estimate of drug-likeness (QED) is 0.500. The molecule has 6 heteroatoms. The summed E-state index contributed by atoms with van der Waals surface area (Å²) in [4.78, 5) is 26.8. The van der Waals surface area contributed by atoms with E-state index in [2.05, 4.69) is 16.9 Å². The van der Waals surface area contributed by atoms with E-state index in [-0.39, 0.29) is 16.6 Å². The maximum Gasteiger partial charge on any atom is 0.340 e. The van der Waals surface area contributed by atoms with E-state index in [4.69, 9.17) is 16.3 Å². The first kappa shape index (κ1) is 14.2. The molecule has 0 fully saturated rings. The number of carbonyl (C=O) groups is 2. The van der Waals surface area contributed by atoms with Crippen LogP contribution in [0.5, 0.6) is 0 Å². The molecule has 18 heavy (non-hydrogen) atoms. The number of esters is 1. The Hall–Kier alpha value is -1.88. The van der Waals surface area contributed by atoms with Gasteiger partial charge in [0.25, 0.3) is 5.91 Å². The Labute approximate surface area is 110 Å². The summed E-state index contributed by atoms with van der Waals surface area (Å²) in [6.07, 6.45) is 1.95. The summed E-state index contributed by atoms with van der Waals surface area (Å²) in [5.41, 5.74) is 0.239. The molecular formula is C12H13ClN2O3. The van der Waals surface area contributed by atoms with Gasteiger partial charge >= 0.3 is 5.97 Å². The van der Waals surface area contributed by atoms with Crippen LogP contribution in [0.25, 0.3) is 0 Å². The monoisotopic (exact) mass is 268 g/mol. The maximum atomic E-state index is 11.6. The minimum atomic E-state index is -0.881. The molecule has 1 unspecified atom stereocenters. The highest BCUT2D eigenvalue weighted by Gasteiger charge is 2.18. The van der Waals surface area contributed by atoms with E-state index >= 15 is 0 Å². The van der Waals surface area contributed by atoms with Crippen LogP contribution in [-0.2, 0) is 9.53 Å². The van der Waals surface area contributed by atoms with Crippen molar-refractivity contribution < 1.29 is 14.3 Å². The fourth-order valence-electron chi connectivity index (χ4n) is 1.10. The topological polar surface area (TPSA) is 68.3 Å². The molecule has 0 bridgehead atoms. The average molecular weight is 269 g/mol. The first-order valence-corrected chi connectivity index (χ1v) is 5.63. The van der Waals surface area contributed by atoms with Crippen molar-refractivity contribution in [2.75, 3.05) is 6.54 Å². The van der Waals surface area contributed by atoms with Crippen LogP contribution < -0.4 is 5.32 Å². The second-order valence-corrected chi connectivity index (χ2v) is 3.84. The molecule has 0 saturated carbocycles. The largest absolute Gasteiger partial charge is 0.449 e. The summed E-state index contributed by atoms with van der Waals surface area (Å²) >= 11 is 5.59. The molecule has 1 N–H and O–H groups in total. The molecule has 0 aliphatic rings. The molecule has 0 aliphatic heterocycles. The van der Waals surface area contributed by atoms with Crippen molar-refractivity contribution in [3.05, 3.63) is 41.7 Å². The molecular weight excluding hydrogens is 256 g/mol. The lowest BCUT2D eigenvalue weighted by Gasteiger charge is -2.12. The van der Waals surface area contributed by atoms with Crippen LogP contribution >= 0.6 is 11.6 Å². The van der Waals surface area contributed by atoms with Crippen LogP contribution in [0.2, 0.25) is 5.15 Å². The van der Waals surface area contributed by atoms with E-state index in [9.17, 15) is 9.59 Å². The van der Waals surface area contributed by atoms with E-state index < -0.39 is 12.1 Å². The molecule has 1 aromatic heterocycles. The molecule has 0 spiro atoms. The summed E-state index contributed by atoms with van der Waals surface area (Å²) < 4.78 is 4.97. The van der Waals surface area contributed by atoms with Crippen LogP contribution in [0.4, 0.5) is 0 Å². The van der Waals surface area contributed by atoms with Crippen molar-refractivity contribution in [3.8, 4) is 0 Å². The second-order valence-electron chi connectivity index (χ2n) is 3.45. The van der Waals surface area contributed by atoms with Gasteiger partial charge in [-0.15, -0.1) is 6.58 Å². The highest BCUT2D eigenvalue weighted by Crippen LogP contribution is 2.07. The van der Waals surface area contributed by atoms with Gasteiger partial charge in [-0.3, -0.25) is 4.79 Å². The molecule has 0 radical (unpaired) electrons. The van der Waals surface area contributed by atoms with E-state index in [1.807, 2.05) is 0 Å². The van der Waals surface area contributed by atoms with Gasteiger partial charge < -0.3 is 10.1 Å². The number of aromatic nitrogens is 1. The third-order valence-corrected chi connectivity index (χ3v) is 2.26. The Bertz CT molecular complexity index is 445. The summed E-state index contributed by atoms with van der Waals surface area (Å²) in [6.45, 7) is 5.27. The van der Waals surface area contributed by atoms with Crippen LogP contribution in [0, 0.1) is 0 Å². The first-order chi connectivity index (χ1) is 8.54. The van der Waals surface area contributed by atoms with Crippen LogP contribution in [0.15, 0.2) is 31.0 Å². The van der Waals surface area contributed by atoms with Crippen molar-refractivity contribution in [3.63, 3.8) is 0 Å². The number of hydrogen-bond donors (Lipinski definition) is 1. The predicted octanol–water partition coefficient (Wildman–Crippen LogP) is 1.58. The zero-order valence-corrected chi connectivity index (χ0v) is 10.6. The van der Waals surface area contributed by atoms with Crippen molar-refractivity contribution in [2.24, 2.45) is 0 Å². The number of hydrogen-bond acceptors (Lipinski definition) is 4. The number of ether oxygens (including phenoxy) is 1. The fraction of sp³-hybridized carbons (Fsp3) is 0.250. The Morgan fingerprint density at radius 3 is 2.89 bits per heavy atom. The maximum absolute atomic E-state index is 11.6. The molecule has 0 aliphatic carbocycles. The first-order valence-electron chi connectivity index (χ1n) is 5.25. The lowest BCUT2D eigenvalue weighted by molar-refractivity contribution is -0.128. The van der Waals surface area contributed by atoms with Gasteiger partial charge in [-0.1, -0.05) is 17.7 Å². The van der Waals surface area contributed by atoms with E-state index in [0.29, 0.717) is 6.54 Å². The summed E-state index contributed by atoms with van der Waals surface area (Å²) in [5, 5.41) is 2.81. The number of halogens is 1. The Kier molecular flexibility index (Phi) is 5.32. The smallest absolute Gasteiger partial charge is 0.340 e. The van der Waals surface area contributed by atoms with E-state index in [1.54, 1.807) is 0 Å². The average Bonchev–Trinajstić information content (AvgIpc) is 2.36. The fourth-order valence-corrected chi connectivity index (χ4v) is 1.21. The van der Waals surface area contributed by atoms with E-state index in [0.717, 1.165) is 0 Å². The molecule has 1 atom stereocenters. The van der Waals surface area contributed by atoms with E-state index in [1.165, 1.54) is 31.3 Å². The third kappa shape index (κ3) is 4.18. The van der Waals surface area contributed by atoms with Gasteiger partial charge in [0.15, 0.2) is 6.10 Å². The highest BCUT2D eigenvalue weighted by atomic mass is 35.5. The Balaban J connectivity index is 2.56. The van der Waals surface area contributed by atoms with Gasteiger partial charge in [-0.2, -0.15) is 0 Å². The number of amides is 1. The third-order valence-electron chi connectivity index (χ3n) is 2.04. The van der Waals surface area contributed by atoms with Crippen molar-refractivity contribution in [1.82, 2.24) is 10.3 Å². The SMILES string of the molecule is C=CCNC(=O)C(C)OC(=O)c1ccc(Cl)nc1.